The second-order valence-corrected chi connectivity index (χ2v) is 5.90. The molecule has 0 saturated carbocycles. The van der Waals surface area contributed by atoms with E-state index in [0.29, 0.717) is 12.2 Å². The van der Waals surface area contributed by atoms with Crippen LogP contribution >= 0.6 is 11.3 Å². The molecule has 102 valence electrons. The molecule has 0 fully saturated rings. The van der Waals surface area contributed by atoms with E-state index in [1.165, 1.54) is 10.1 Å². The van der Waals surface area contributed by atoms with E-state index in [-0.39, 0.29) is 5.91 Å². The number of carbonyl (C=O) groups is 1. The van der Waals surface area contributed by atoms with E-state index < -0.39 is 0 Å². The lowest BCUT2D eigenvalue weighted by Crippen LogP contribution is -2.22. The van der Waals surface area contributed by atoms with Gasteiger partial charge in [-0.1, -0.05) is 18.2 Å². The number of fused-ring (bicyclic) bond motifs is 1. The molecule has 20 heavy (non-hydrogen) atoms. The van der Waals surface area contributed by atoms with Crippen molar-refractivity contribution in [2.45, 2.75) is 13.5 Å². The first-order valence-corrected chi connectivity index (χ1v) is 7.21. The molecular formula is C15H15N3OS. The van der Waals surface area contributed by atoms with Crippen molar-refractivity contribution in [1.82, 2.24) is 15.1 Å². The van der Waals surface area contributed by atoms with Crippen molar-refractivity contribution < 1.29 is 4.79 Å². The summed E-state index contributed by atoms with van der Waals surface area (Å²) in [5, 5.41) is 8.30. The Bertz CT molecular complexity index is 720. The number of hydrogen-bond donors (Lipinski definition) is 1. The van der Waals surface area contributed by atoms with Crippen LogP contribution in [0.3, 0.4) is 0 Å². The Morgan fingerprint density at radius 2 is 2.15 bits per heavy atom. The SMILES string of the molecule is Cc1cc(C(=O)NCc2cc3ccccc3s2)nn1C. The minimum absolute atomic E-state index is 0.133. The molecule has 0 aliphatic heterocycles. The van der Waals surface area contributed by atoms with Crippen molar-refractivity contribution in [1.29, 1.82) is 0 Å². The minimum atomic E-state index is -0.133. The summed E-state index contributed by atoms with van der Waals surface area (Å²) in [4.78, 5) is 13.2. The number of hydrogen-bond acceptors (Lipinski definition) is 3. The first kappa shape index (κ1) is 12.9. The van der Waals surface area contributed by atoms with Gasteiger partial charge in [-0.25, -0.2) is 0 Å². The normalized spacial score (nSPS) is 10.9. The highest BCUT2D eigenvalue weighted by Crippen LogP contribution is 2.25. The van der Waals surface area contributed by atoms with Crippen LogP contribution < -0.4 is 5.32 Å². The van der Waals surface area contributed by atoms with Crippen LogP contribution in [0.25, 0.3) is 10.1 Å². The van der Waals surface area contributed by atoms with Crippen molar-refractivity contribution in [3.05, 3.63) is 52.7 Å². The van der Waals surface area contributed by atoms with Crippen LogP contribution in [0.1, 0.15) is 21.1 Å². The average Bonchev–Trinajstić information content (AvgIpc) is 3.00. The first-order valence-electron chi connectivity index (χ1n) is 6.40. The van der Waals surface area contributed by atoms with Crippen molar-refractivity contribution in [3.8, 4) is 0 Å². The summed E-state index contributed by atoms with van der Waals surface area (Å²) in [6, 6.07) is 12.1. The molecule has 1 aromatic carbocycles. The zero-order valence-corrected chi connectivity index (χ0v) is 12.2. The maximum Gasteiger partial charge on any atom is 0.272 e. The third-order valence-corrected chi connectivity index (χ3v) is 4.36. The lowest BCUT2D eigenvalue weighted by molar-refractivity contribution is 0.0945. The van der Waals surface area contributed by atoms with Crippen LogP contribution in [0.5, 0.6) is 0 Å². The third-order valence-electron chi connectivity index (χ3n) is 3.25. The molecule has 2 heterocycles. The minimum Gasteiger partial charge on any atom is -0.346 e. The molecule has 3 aromatic rings. The standard InChI is InChI=1S/C15H15N3OS/c1-10-7-13(17-18(10)2)15(19)16-9-12-8-11-5-3-4-6-14(11)20-12/h3-8H,9H2,1-2H3,(H,16,19). The van der Waals surface area contributed by atoms with Gasteiger partial charge in [0.1, 0.15) is 5.69 Å². The molecule has 3 rings (SSSR count). The number of aromatic nitrogens is 2. The molecule has 4 nitrogen and oxygen atoms in total. The van der Waals surface area contributed by atoms with E-state index in [2.05, 4.69) is 28.6 Å². The lowest BCUT2D eigenvalue weighted by Gasteiger charge is -2.00. The van der Waals surface area contributed by atoms with Crippen LogP contribution in [-0.4, -0.2) is 15.7 Å². The summed E-state index contributed by atoms with van der Waals surface area (Å²) in [6.45, 7) is 2.46. The van der Waals surface area contributed by atoms with Gasteiger partial charge >= 0.3 is 0 Å². The zero-order chi connectivity index (χ0) is 14.1. The van der Waals surface area contributed by atoms with Gasteiger partial charge in [-0.2, -0.15) is 5.10 Å². The topological polar surface area (TPSA) is 46.9 Å². The fraction of sp³-hybridized carbons (Fsp3) is 0.200. The number of thiophene rings is 1. The number of nitrogens with zero attached hydrogens (tertiary/aromatic N) is 2. The summed E-state index contributed by atoms with van der Waals surface area (Å²) < 4.78 is 2.94. The van der Waals surface area contributed by atoms with Crippen molar-refractivity contribution >= 4 is 27.3 Å². The monoisotopic (exact) mass is 285 g/mol. The van der Waals surface area contributed by atoms with E-state index in [4.69, 9.17) is 0 Å². The average molecular weight is 285 g/mol. The van der Waals surface area contributed by atoms with Gasteiger partial charge in [-0.15, -0.1) is 11.3 Å². The van der Waals surface area contributed by atoms with Gasteiger partial charge in [-0.05, 0) is 30.5 Å². The highest BCUT2D eigenvalue weighted by Gasteiger charge is 2.11. The van der Waals surface area contributed by atoms with Gasteiger partial charge in [-0.3, -0.25) is 9.48 Å². The Morgan fingerprint density at radius 1 is 1.35 bits per heavy atom. The summed E-state index contributed by atoms with van der Waals surface area (Å²) in [6.07, 6.45) is 0. The van der Waals surface area contributed by atoms with E-state index in [9.17, 15) is 4.79 Å². The molecule has 0 atom stereocenters. The number of benzene rings is 1. The quantitative estimate of drug-likeness (QED) is 0.804. The Labute approximate surface area is 121 Å². The number of nitrogens with one attached hydrogen (secondary N) is 1. The van der Waals surface area contributed by atoms with Gasteiger partial charge in [0.25, 0.3) is 5.91 Å². The fourth-order valence-electron chi connectivity index (χ4n) is 2.05. The number of amides is 1. The molecule has 0 radical (unpaired) electrons. The van der Waals surface area contributed by atoms with Gasteiger partial charge < -0.3 is 5.32 Å². The van der Waals surface area contributed by atoms with E-state index >= 15 is 0 Å². The van der Waals surface area contributed by atoms with Crippen molar-refractivity contribution in [2.24, 2.45) is 7.05 Å². The molecule has 0 spiro atoms. The van der Waals surface area contributed by atoms with E-state index in [0.717, 1.165) is 10.6 Å². The fourth-order valence-corrected chi connectivity index (χ4v) is 3.06. The Morgan fingerprint density at radius 3 is 2.85 bits per heavy atom. The second-order valence-electron chi connectivity index (χ2n) is 4.73. The van der Waals surface area contributed by atoms with Gasteiger partial charge in [0.15, 0.2) is 0 Å². The lowest BCUT2D eigenvalue weighted by atomic mass is 10.2. The van der Waals surface area contributed by atoms with E-state index in [1.807, 2.05) is 26.1 Å². The largest absolute Gasteiger partial charge is 0.346 e. The molecular weight excluding hydrogens is 270 g/mol. The third kappa shape index (κ3) is 2.44. The summed E-state index contributed by atoms with van der Waals surface area (Å²) in [5.41, 5.74) is 1.43. The number of carbonyl (C=O) groups excluding carboxylic acids is 1. The van der Waals surface area contributed by atoms with Gasteiger partial charge in [0, 0.05) is 22.3 Å². The van der Waals surface area contributed by atoms with Crippen LogP contribution in [0.2, 0.25) is 0 Å². The summed E-state index contributed by atoms with van der Waals surface area (Å²) >= 11 is 1.70. The molecule has 1 N–H and O–H groups in total. The second kappa shape index (κ2) is 5.09. The molecule has 5 heteroatoms. The molecule has 2 aromatic heterocycles. The molecule has 1 amide bonds. The predicted octanol–water partition coefficient (Wildman–Crippen LogP) is 2.87. The molecule has 0 aliphatic rings. The Hall–Kier alpha value is -2.14. The van der Waals surface area contributed by atoms with Crippen LogP contribution in [0, 0.1) is 6.92 Å². The van der Waals surface area contributed by atoms with Crippen molar-refractivity contribution in [3.63, 3.8) is 0 Å². The molecule has 0 bridgehead atoms. The van der Waals surface area contributed by atoms with Crippen LogP contribution in [0.4, 0.5) is 0 Å². The maximum absolute atomic E-state index is 12.0. The van der Waals surface area contributed by atoms with E-state index in [1.54, 1.807) is 22.1 Å². The van der Waals surface area contributed by atoms with Crippen LogP contribution in [0.15, 0.2) is 36.4 Å². The van der Waals surface area contributed by atoms with Crippen LogP contribution in [-0.2, 0) is 13.6 Å². The van der Waals surface area contributed by atoms with Crippen molar-refractivity contribution in [2.75, 3.05) is 0 Å². The highest BCUT2D eigenvalue weighted by molar-refractivity contribution is 7.19. The smallest absolute Gasteiger partial charge is 0.272 e. The van der Waals surface area contributed by atoms with Gasteiger partial charge in [0.2, 0.25) is 0 Å². The highest BCUT2D eigenvalue weighted by atomic mass is 32.1. The zero-order valence-electron chi connectivity index (χ0n) is 11.4. The number of aryl methyl sites for hydroxylation is 2. The maximum atomic E-state index is 12.0. The Balaban J connectivity index is 1.71. The number of rotatable bonds is 3. The molecule has 0 unspecified atom stereocenters. The summed E-state index contributed by atoms with van der Waals surface area (Å²) in [5.74, 6) is -0.133. The van der Waals surface area contributed by atoms with Gasteiger partial charge in [0.05, 0.1) is 6.54 Å². The molecule has 0 aliphatic carbocycles. The molecule has 0 saturated heterocycles. The summed E-state index contributed by atoms with van der Waals surface area (Å²) in [7, 11) is 1.83. The first-order chi connectivity index (χ1) is 9.63. The predicted molar refractivity (Wildman–Crippen MR) is 80.9 cm³/mol. The Kier molecular flexibility index (Phi) is 3.28.